The summed E-state index contributed by atoms with van der Waals surface area (Å²) >= 11 is 6.17. The summed E-state index contributed by atoms with van der Waals surface area (Å²) in [5.41, 5.74) is 7.28. The summed E-state index contributed by atoms with van der Waals surface area (Å²) in [6.45, 7) is 2.76. The van der Waals surface area contributed by atoms with Crippen LogP contribution in [0.15, 0.2) is 24.3 Å². The van der Waals surface area contributed by atoms with Crippen LogP contribution in [0, 0.1) is 0 Å². The molecule has 0 radical (unpaired) electrons. The third kappa shape index (κ3) is 4.18. The molecule has 1 heterocycles. The highest BCUT2D eigenvalue weighted by Crippen LogP contribution is 2.23. The SMILES string of the molecule is CN(CCC(N)c1ccccc1Cl)C1CCOCC1. The highest BCUT2D eigenvalue weighted by molar-refractivity contribution is 6.31. The third-order valence-electron chi connectivity index (χ3n) is 3.91. The van der Waals surface area contributed by atoms with Gasteiger partial charge in [-0.2, -0.15) is 0 Å². The van der Waals surface area contributed by atoms with E-state index >= 15 is 0 Å². The lowest BCUT2D eigenvalue weighted by atomic mass is 10.0. The minimum absolute atomic E-state index is 0.0102. The smallest absolute Gasteiger partial charge is 0.0480 e. The first-order valence-electron chi connectivity index (χ1n) is 6.96. The summed E-state index contributed by atoms with van der Waals surface area (Å²) < 4.78 is 5.39. The lowest BCUT2D eigenvalue weighted by Gasteiger charge is -2.31. The highest BCUT2D eigenvalue weighted by Gasteiger charge is 2.19. The largest absolute Gasteiger partial charge is 0.381 e. The average Bonchev–Trinajstić information content (AvgIpc) is 2.46. The Hall–Kier alpha value is -0.610. The Labute approximate surface area is 120 Å². The molecule has 0 spiro atoms. The predicted octanol–water partition coefficient (Wildman–Crippen LogP) is 2.84. The van der Waals surface area contributed by atoms with Crippen LogP contribution in [0.25, 0.3) is 0 Å². The van der Waals surface area contributed by atoms with Gasteiger partial charge in [0, 0.05) is 30.3 Å². The fourth-order valence-electron chi connectivity index (χ4n) is 2.58. The Morgan fingerprint density at radius 2 is 2.05 bits per heavy atom. The lowest BCUT2D eigenvalue weighted by molar-refractivity contribution is 0.0422. The van der Waals surface area contributed by atoms with Gasteiger partial charge in [-0.05, 0) is 44.5 Å². The van der Waals surface area contributed by atoms with Crippen LogP contribution in [-0.4, -0.2) is 37.7 Å². The van der Waals surface area contributed by atoms with Crippen molar-refractivity contribution in [1.82, 2.24) is 4.90 Å². The summed E-state index contributed by atoms with van der Waals surface area (Å²) in [5.74, 6) is 0. The van der Waals surface area contributed by atoms with Crippen molar-refractivity contribution in [2.75, 3.05) is 26.8 Å². The van der Waals surface area contributed by atoms with Gasteiger partial charge in [-0.25, -0.2) is 0 Å². The zero-order valence-electron chi connectivity index (χ0n) is 11.5. The van der Waals surface area contributed by atoms with E-state index < -0.39 is 0 Å². The molecule has 1 aliphatic rings. The minimum Gasteiger partial charge on any atom is -0.381 e. The van der Waals surface area contributed by atoms with Gasteiger partial charge in [0.15, 0.2) is 0 Å². The summed E-state index contributed by atoms with van der Waals surface area (Å²) in [7, 11) is 2.18. The topological polar surface area (TPSA) is 38.5 Å². The molecular formula is C15H23ClN2O. The molecule has 3 nitrogen and oxygen atoms in total. The van der Waals surface area contributed by atoms with Crippen LogP contribution in [0.4, 0.5) is 0 Å². The predicted molar refractivity (Wildman–Crippen MR) is 79.5 cm³/mol. The maximum atomic E-state index is 6.24. The molecule has 4 heteroatoms. The van der Waals surface area contributed by atoms with Crippen LogP contribution in [0.2, 0.25) is 5.02 Å². The number of halogens is 1. The molecule has 106 valence electrons. The second-order valence-corrected chi connectivity index (χ2v) is 5.65. The molecule has 1 aromatic carbocycles. The molecule has 19 heavy (non-hydrogen) atoms. The number of ether oxygens (including phenoxy) is 1. The molecule has 0 amide bonds. The van der Waals surface area contributed by atoms with Gasteiger partial charge < -0.3 is 15.4 Å². The van der Waals surface area contributed by atoms with Crippen LogP contribution >= 0.6 is 11.6 Å². The zero-order chi connectivity index (χ0) is 13.7. The van der Waals surface area contributed by atoms with Crippen molar-refractivity contribution in [2.24, 2.45) is 5.73 Å². The van der Waals surface area contributed by atoms with Crippen LogP contribution in [0.5, 0.6) is 0 Å². The lowest BCUT2D eigenvalue weighted by Crippen LogP contribution is -2.38. The van der Waals surface area contributed by atoms with E-state index in [1.54, 1.807) is 0 Å². The average molecular weight is 283 g/mol. The molecule has 1 unspecified atom stereocenters. The van der Waals surface area contributed by atoms with Crippen molar-refractivity contribution in [3.8, 4) is 0 Å². The molecular weight excluding hydrogens is 260 g/mol. The Kier molecular flexibility index (Phi) is 5.64. The van der Waals surface area contributed by atoms with Gasteiger partial charge in [0.1, 0.15) is 0 Å². The highest BCUT2D eigenvalue weighted by atomic mass is 35.5. The number of hydrogen-bond donors (Lipinski definition) is 1. The Morgan fingerprint density at radius 3 is 2.74 bits per heavy atom. The fraction of sp³-hybridized carbons (Fsp3) is 0.600. The Bertz CT molecular complexity index is 393. The molecule has 1 saturated heterocycles. The van der Waals surface area contributed by atoms with Crippen molar-refractivity contribution in [1.29, 1.82) is 0 Å². The van der Waals surface area contributed by atoms with Crippen molar-refractivity contribution in [3.05, 3.63) is 34.9 Å². The van der Waals surface area contributed by atoms with Crippen molar-refractivity contribution >= 4 is 11.6 Å². The molecule has 2 N–H and O–H groups in total. The summed E-state index contributed by atoms with van der Waals surface area (Å²) in [6.07, 6.45) is 3.17. The Morgan fingerprint density at radius 1 is 1.37 bits per heavy atom. The van der Waals surface area contributed by atoms with E-state index in [-0.39, 0.29) is 6.04 Å². The van der Waals surface area contributed by atoms with Crippen LogP contribution in [-0.2, 0) is 4.74 Å². The van der Waals surface area contributed by atoms with E-state index in [0.717, 1.165) is 49.6 Å². The van der Waals surface area contributed by atoms with E-state index in [1.807, 2.05) is 24.3 Å². The Balaban J connectivity index is 1.82. The van der Waals surface area contributed by atoms with E-state index in [2.05, 4.69) is 11.9 Å². The number of benzene rings is 1. The molecule has 1 aliphatic heterocycles. The summed E-state index contributed by atoms with van der Waals surface area (Å²) in [4.78, 5) is 2.40. The second-order valence-electron chi connectivity index (χ2n) is 5.24. The maximum absolute atomic E-state index is 6.24. The van der Waals surface area contributed by atoms with Gasteiger partial charge in [0.2, 0.25) is 0 Å². The number of rotatable bonds is 5. The molecule has 1 fully saturated rings. The van der Waals surface area contributed by atoms with E-state index in [1.165, 1.54) is 0 Å². The number of hydrogen-bond acceptors (Lipinski definition) is 3. The minimum atomic E-state index is 0.0102. The first kappa shape index (κ1) is 14.8. The van der Waals surface area contributed by atoms with Gasteiger partial charge in [0.05, 0.1) is 0 Å². The third-order valence-corrected chi connectivity index (χ3v) is 4.26. The van der Waals surface area contributed by atoms with Gasteiger partial charge in [0.25, 0.3) is 0 Å². The summed E-state index contributed by atoms with van der Waals surface area (Å²) in [5, 5.41) is 0.767. The zero-order valence-corrected chi connectivity index (χ0v) is 12.3. The monoisotopic (exact) mass is 282 g/mol. The molecule has 2 rings (SSSR count). The quantitative estimate of drug-likeness (QED) is 0.902. The normalized spacial score (nSPS) is 18.7. The standard InChI is InChI=1S/C15H23ClN2O/c1-18(12-7-10-19-11-8-12)9-6-15(17)13-4-2-3-5-14(13)16/h2-5,12,15H,6-11,17H2,1H3. The van der Waals surface area contributed by atoms with Crippen molar-refractivity contribution in [2.45, 2.75) is 31.3 Å². The molecule has 0 bridgehead atoms. The molecule has 0 saturated carbocycles. The van der Waals surface area contributed by atoms with Crippen molar-refractivity contribution in [3.63, 3.8) is 0 Å². The number of nitrogens with two attached hydrogens (primary N) is 1. The van der Waals surface area contributed by atoms with E-state index in [9.17, 15) is 0 Å². The van der Waals surface area contributed by atoms with Gasteiger partial charge in [-0.3, -0.25) is 0 Å². The molecule has 0 aliphatic carbocycles. The van der Waals surface area contributed by atoms with Gasteiger partial charge in [-0.1, -0.05) is 29.8 Å². The van der Waals surface area contributed by atoms with E-state index in [0.29, 0.717) is 6.04 Å². The maximum Gasteiger partial charge on any atom is 0.0480 e. The second kappa shape index (κ2) is 7.25. The molecule has 1 aromatic rings. The summed E-state index contributed by atoms with van der Waals surface area (Å²) in [6, 6.07) is 8.49. The fourth-order valence-corrected chi connectivity index (χ4v) is 2.86. The first-order valence-corrected chi connectivity index (χ1v) is 7.34. The first-order chi connectivity index (χ1) is 9.18. The number of nitrogens with zero attached hydrogens (tertiary/aromatic N) is 1. The molecule has 1 atom stereocenters. The molecule has 0 aromatic heterocycles. The van der Waals surface area contributed by atoms with Gasteiger partial charge in [-0.15, -0.1) is 0 Å². The van der Waals surface area contributed by atoms with Crippen LogP contribution in [0.1, 0.15) is 30.9 Å². The van der Waals surface area contributed by atoms with E-state index in [4.69, 9.17) is 22.1 Å². The van der Waals surface area contributed by atoms with Crippen LogP contribution < -0.4 is 5.73 Å². The van der Waals surface area contributed by atoms with Crippen molar-refractivity contribution < 1.29 is 4.74 Å². The van der Waals surface area contributed by atoms with Gasteiger partial charge >= 0.3 is 0 Å². The van der Waals surface area contributed by atoms with Crippen LogP contribution in [0.3, 0.4) is 0 Å².